The highest BCUT2D eigenvalue weighted by atomic mass is 35.5. The van der Waals surface area contributed by atoms with Gasteiger partial charge in [-0.15, -0.1) is 0 Å². The molecule has 0 saturated carbocycles. The molecule has 0 radical (unpaired) electrons. The SMILES string of the molecule is CC1(C)CCC(CN2CCN(c3ccc(C(=O)NS(=O)(=O)c4ccc(NCC5CCOCC5)c([N+](=O)[O-])c4)c(Oc4cnc5[nH]ccc5c4)c3)CC2)=C(c2ccc(Cl)cc2)C1.CCc1cnn2c(NCc3ccc[n+]([O-])c3)cc(N3CCCC[C@H]3CCO)nc12. The summed E-state index contributed by atoms with van der Waals surface area (Å²) in [7, 11) is -4.55. The topological polar surface area (TPSA) is 265 Å². The molecule has 0 bridgehead atoms. The van der Waals surface area contributed by atoms with E-state index in [-0.39, 0.29) is 34.9 Å². The number of halogens is 1. The highest BCUT2D eigenvalue weighted by Crippen LogP contribution is 2.44. The fourth-order valence-corrected chi connectivity index (χ4v) is 13.6. The molecule has 0 unspecified atom stereocenters. The smallest absolute Gasteiger partial charge is 0.293 e. The number of aromatic nitrogens is 6. The van der Waals surface area contributed by atoms with Crippen LogP contribution < -0.4 is 34.6 Å². The Labute approximate surface area is 529 Å². The van der Waals surface area contributed by atoms with Crippen LogP contribution in [0.15, 0.2) is 132 Å². The van der Waals surface area contributed by atoms with E-state index in [9.17, 15) is 33.6 Å². The third kappa shape index (κ3) is 15.3. The van der Waals surface area contributed by atoms with Crippen molar-refractivity contribution in [3.63, 3.8) is 0 Å². The molecular formula is C66H78ClN13O9S. The molecule has 5 N–H and O–H groups in total. The first-order valence-corrected chi connectivity index (χ1v) is 32.9. The number of sulfonamides is 1. The molecule has 8 heterocycles. The number of nitrogens with zero attached hydrogens (tertiary/aromatic N) is 9. The second kappa shape index (κ2) is 28.2. The number of pyridine rings is 2. The highest BCUT2D eigenvalue weighted by Gasteiger charge is 2.32. The van der Waals surface area contributed by atoms with Gasteiger partial charge in [0.2, 0.25) is 0 Å². The maximum atomic E-state index is 13.9. The summed E-state index contributed by atoms with van der Waals surface area (Å²) in [5, 5.41) is 45.7. The Kier molecular flexibility index (Phi) is 19.8. The van der Waals surface area contributed by atoms with Crippen molar-refractivity contribution in [2.75, 3.05) is 86.1 Å². The van der Waals surface area contributed by atoms with Crippen LogP contribution in [0.5, 0.6) is 11.5 Å². The van der Waals surface area contributed by atoms with E-state index in [0.29, 0.717) is 43.7 Å². The van der Waals surface area contributed by atoms with Crippen LogP contribution in [0.2, 0.25) is 5.02 Å². The van der Waals surface area contributed by atoms with Crippen LogP contribution >= 0.6 is 11.6 Å². The maximum absolute atomic E-state index is 13.9. The summed E-state index contributed by atoms with van der Waals surface area (Å²) in [5.74, 6) is 1.57. The Morgan fingerprint density at radius 2 is 1.78 bits per heavy atom. The van der Waals surface area contributed by atoms with Gasteiger partial charge in [-0.25, -0.2) is 23.1 Å². The van der Waals surface area contributed by atoms with E-state index in [1.807, 2.05) is 41.0 Å². The molecule has 3 saturated heterocycles. The summed E-state index contributed by atoms with van der Waals surface area (Å²) >= 11 is 6.24. The lowest BCUT2D eigenvalue weighted by Gasteiger charge is -2.39. The minimum atomic E-state index is -4.55. The molecule has 4 aliphatic rings. The molecule has 22 nitrogen and oxygen atoms in total. The van der Waals surface area contributed by atoms with Crippen molar-refractivity contribution < 1.29 is 37.4 Å². The fraction of sp³-hybridized carbons (Fsp3) is 0.409. The number of hydrogen-bond donors (Lipinski definition) is 5. The molecule has 1 aliphatic carbocycles. The molecule has 8 aromatic rings. The number of H-pyrrole nitrogens is 1. The summed E-state index contributed by atoms with van der Waals surface area (Å²) in [4.78, 5) is 44.4. The molecule has 24 heteroatoms. The number of benzene rings is 3. The summed E-state index contributed by atoms with van der Waals surface area (Å²) in [5.41, 5.74) is 8.40. The van der Waals surface area contributed by atoms with E-state index in [1.165, 1.54) is 47.7 Å². The summed E-state index contributed by atoms with van der Waals surface area (Å²) in [6.45, 7) is 14.1. The molecule has 1 amide bonds. The third-order valence-electron chi connectivity index (χ3n) is 17.6. The Morgan fingerprint density at radius 1 is 0.967 bits per heavy atom. The Balaban J connectivity index is 0.000000239. The van der Waals surface area contributed by atoms with Gasteiger partial charge < -0.3 is 45.2 Å². The third-order valence-corrected chi connectivity index (χ3v) is 19.2. The Hall–Kier alpha value is -8.35. The number of aryl methyl sites for hydroxylation is 1. The van der Waals surface area contributed by atoms with Crippen LogP contribution in [-0.2, 0) is 27.7 Å². The van der Waals surface area contributed by atoms with Crippen molar-refractivity contribution in [3.05, 3.63) is 170 Å². The number of aliphatic hydroxyl groups excluding tert-OH is 1. The van der Waals surface area contributed by atoms with Crippen LogP contribution in [0.4, 0.5) is 28.7 Å². The minimum Gasteiger partial charge on any atom is -0.619 e. The highest BCUT2D eigenvalue weighted by molar-refractivity contribution is 7.90. The number of aliphatic hydroxyl groups is 1. The number of allylic oxidation sites excluding steroid dienone is 1. The molecule has 1 atom stereocenters. The first kappa shape index (κ1) is 63.2. The van der Waals surface area contributed by atoms with Gasteiger partial charge in [0.25, 0.3) is 21.6 Å². The van der Waals surface area contributed by atoms with Crippen LogP contribution in [0, 0.1) is 26.7 Å². The number of nitro groups is 1. The normalized spacial score (nSPS) is 17.5. The van der Waals surface area contributed by atoms with Crippen molar-refractivity contribution in [2.24, 2.45) is 11.3 Å². The van der Waals surface area contributed by atoms with Crippen molar-refractivity contribution in [2.45, 2.75) is 102 Å². The van der Waals surface area contributed by atoms with Crippen molar-refractivity contribution in [1.82, 2.24) is 34.2 Å². The first-order valence-electron chi connectivity index (χ1n) is 31.0. The van der Waals surface area contributed by atoms with E-state index < -0.39 is 31.4 Å². The van der Waals surface area contributed by atoms with Gasteiger partial charge in [0.05, 0.1) is 27.8 Å². The number of carbonyl (C=O) groups excluding carboxylic acids is 1. The predicted molar refractivity (Wildman–Crippen MR) is 349 cm³/mol. The number of aromatic amines is 1. The van der Waals surface area contributed by atoms with Crippen molar-refractivity contribution in [3.8, 4) is 11.5 Å². The van der Waals surface area contributed by atoms with E-state index in [4.69, 9.17) is 26.1 Å². The van der Waals surface area contributed by atoms with Gasteiger partial charge in [-0.1, -0.05) is 50.1 Å². The number of ether oxygens (including phenoxy) is 2. The van der Waals surface area contributed by atoms with Crippen LogP contribution in [0.25, 0.3) is 22.3 Å². The summed E-state index contributed by atoms with van der Waals surface area (Å²) < 4.78 is 43.8. The molecule has 12 rings (SSSR count). The van der Waals surface area contributed by atoms with Crippen LogP contribution in [0.3, 0.4) is 0 Å². The van der Waals surface area contributed by atoms with E-state index >= 15 is 0 Å². The number of nitrogens with one attached hydrogen (secondary N) is 4. The zero-order chi connectivity index (χ0) is 62.9. The predicted octanol–water partition coefficient (Wildman–Crippen LogP) is 10.9. The minimum absolute atomic E-state index is 0.0359. The van der Waals surface area contributed by atoms with Gasteiger partial charge in [-0.05, 0) is 141 Å². The lowest BCUT2D eigenvalue weighted by molar-refractivity contribution is -0.605. The van der Waals surface area contributed by atoms with Gasteiger partial charge >= 0.3 is 0 Å². The van der Waals surface area contributed by atoms with Gasteiger partial charge in [-0.3, -0.25) is 19.8 Å². The lowest BCUT2D eigenvalue weighted by Crippen LogP contribution is -2.47. The number of anilines is 4. The zero-order valence-electron chi connectivity index (χ0n) is 51.1. The van der Waals surface area contributed by atoms with E-state index in [1.54, 1.807) is 42.7 Å². The largest absolute Gasteiger partial charge is 0.619 e. The Morgan fingerprint density at radius 3 is 2.54 bits per heavy atom. The number of amides is 1. The number of piperazine rings is 1. The average Bonchev–Trinajstić information content (AvgIpc) is 1.44. The molecular weight excluding hydrogens is 1190 g/mol. The Bertz CT molecular complexity index is 3990. The lowest BCUT2D eigenvalue weighted by atomic mass is 9.72. The summed E-state index contributed by atoms with van der Waals surface area (Å²) in [6.07, 6.45) is 18.0. The fourth-order valence-electron chi connectivity index (χ4n) is 12.5. The standard InChI is InChI=1S/C45H50ClN7O7S.C21H28N6O2/c1-45(2)15-11-33(39(26-45)31-3-5-34(46)6-4-31)29-51-17-19-52(20-18-51)35-7-9-38(42(24-35)60-36-23-32-12-16-47-43(32)49-28-36)44(54)50-61(57,58)37-8-10-40(41(25-37)53(55)56)48-27-30-13-21-59-22-14-30;1-2-17-14-23-27-19(22-13-16-6-5-9-25(29)15-16)12-20(24-21(17)27)26-10-4-3-7-18(26)8-11-28/h3-10,12,16,23-25,28,30,48H,11,13-15,17-22,26-27,29H2,1-2H3,(H,47,49)(H,50,54);5-6,9,12,14-15,18,22,28H,2-4,7-8,10-11,13H2,1H3/t;18-/m.0/s1. The van der Waals surface area contributed by atoms with Crippen LogP contribution in [-0.4, -0.2) is 125 Å². The molecule has 3 aliphatic heterocycles. The molecule has 3 fully saturated rings. The number of piperidine rings is 1. The van der Waals surface area contributed by atoms with Gasteiger partial charge in [0.15, 0.2) is 18.0 Å². The number of rotatable bonds is 20. The van der Waals surface area contributed by atoms with Crippen molar-refractivity contribution >= 4 is 78.5 Å². The van der Waals surface area contributed by atoms with Gasteiger partial charge in [-0.2, -0.15) is 14.3 Å². The number of nitro benzene ring substituents is 1. The van der Waals surface area contributed by atoms with Crippen LogP contribution in [0.1, 0.15) is 106 Å². The molecule has 3 aromatic carbocycles. The second-order valence-corrected chi connectivity index (χ2v) is 26.5. The molecule has 5 aromatic heterocycles. The second-order valence-electron chi connectivity index (χ2n) is 24.4. The number of hydrogen-bond acceptors (Lipinski definition) is 17. The maximum Gasteiger partial charge on any atom is 0.293 e. The molecule has 474 valence electrons. The number of carbonyl (C=O) groups is 1. The number of fused-ring (bicyclic) bond motifs is 2. The van der Waals surface area contributed by atoms with Crippen molar-refractivity contribution in [1.29, 1.82) is 0 Å². The monoisotopic (exact) mass is 1260 g/mol. The summed E-state index contributed by atoms with van der Waals surface area (Å²) in [6, 6.07) is 26.4. The zero-order valence-corrected chi connectivity index (χ0v) is 52.6. The first-order chi connectivity index (χ1) is 43.5. The van der Waals surface area contributed by atoms with Gasteiger partial charge in [0.1, 0.15) is 34.5 Å². The molecule has 0 spiro atoms. The average molecular weight is 1260 g/mol. The quantitative estimate of drug-likeness (QED) is 0.0205. The van der Waals surface area contributed by atoms with E-state index in [2.05, 4.69) is 78.0 Å². The van der Waals surface area contributed by atoms with E-state index in [0.717, 1.165) is 152 Å². The van der Waals surface area contributed by atoms with Gasteiger partial charge in [0, 0.05) is 136 Å². The molecule has 90 heavy (non-hydrogen) atoms.